The molecule has 138 valence electrons. The van der Waals surface area contributed by atoms with E-state index < -0.39 is 0 Å². The average molecular weight is 353 g/mol. The van der Waals surface area contributed by atoms with E-state index in [1.54, 1.807) is 6.07 Å². The van der Waals surface area contributed by atoms with Crippen LogP contribution < -0.4 is 5.56 Å². The van der Waals surface area contributed by atoms with Gasteiger partial charge in [-0.05, 0) is 42.9 Å². The van der Waals surface area contributed by atoms with E-state index in [-0.39, 0.29) is 23.4 Å². The first-order valence-corrected chi connectivity index (χ1v) is 9.64. The van der Waals surface area contributed by atoms with Crippen molar-refractivity contribution in [3.63, 3.8) is 0 Å². The first-order chi connectivity index (χ1) is 12.5. The van der Waals surface area contributed by atoms with Gasteiger partial charge in [-0.1, -0.05) is 19.9 Å². The van der Waals surface area contributed by atoms with Crippen molar-refractivity contribution in [1.29, 1.82) is 0 Å². The summed E-state index contributed by atoms with van der Waals surface area (Å²) in [4.78, 5) is 27.6. The highest BCUT2D eigenvalue weighted by Crippen LogP contribution is 2.36. The Morgan fingerprint density at radius 2 is 1.88 bits per heavy atom. The van der Waals surface area contributed by atoms with E-state index in [1.165, 1.54) is 0 Å². The Hall–Kier alpha value is -2.30. The molecule has 3 atom stereocenters. The molecule has 5 heteroatoms. The highest BCUT2D eigenvalue weighted by molar-refractivity contribution is 5.80. The Labute approximate surface area is 154 Å². The number of carbonyl (C=O) groups is 1. The van der Waals surface area contributed by atoms with Crippen molar-refractivity contribution in [2.24, 2.45) is 11.8 Å². The van der Waals surface area contributed by atoms with Gasteiger partial charge < -0.3 is 14.0 Å². The van der Waals surface area contributed by atoms with Crippen LogP contribution in [0, 0.1) is 11.8 Å². The fraction of sp³-hybridized carbons (Fsp3) is 0.524. The van der Waals surface area contributed by atoms with Gasteiger partial charge in [-0.2, -0.15) is 0 Å². The van der Waals surface area contributed by atoms with E-state index in [1.807, 2.05) is 50.7 Å². The number of aromatic nitrogens is 2. The van der Waals surface area contributed by atoms with Gasteiger partial charge >= 0.3 is 0 Å². The fourth-order valence-electron chi connectivity index (χ4n) is 4.64. The molecule has 2 bridgehead atoms. The largest absolute Gasteiger partial charge is 0.342 e. The molecule has 0 aromatic carbocycles. The summed E-state index contributed by atoms with van der Waals surface area (Å²) >= 11 is 0. The third-order valence-electron chi connectivity index (χ3n) is 5.76. The van der Waals surface area contributed by atoms with Crippen molar-refractivity contribution in [2.45, 2.75) is 45.2 Å². The Balaban J connectivity index is 1.59. The molecule has 0 saturated carbocycles. The molecule has 4 rings (SSSR count). The van der Waals surface area contributed by atoms with E-state index in [0.29, 0.717) is 18.4 Å². The molecule has 0 unspecified atom stereocenters. The number of pyridine rings is 1. The van der Waals surface area contributed by atoms with E-state index in [9.17, 15) is 9.59 Å². The van der Waals surface area contributed by atoms with Gasteiger partial charge in [-0.3, -0.25) is 9.59 Å². The Morgan fingerprint density at radius 1 is 1.12 bits per heavy atom. The Kier molecular flexibility index (Phi) is 4.47. The minimum atomic E-state index is -0.137. The van der Waals surface area contributed by atoms with Crippen LogP contribution in [0.2, 0.25) is 0 Å². The van der Waals surface area contributed by atoms with Crippen LogP contribution in [-0.2, 0) is 11.3 Å². The number of fused-ring (bicyclic) bond motifs is 4. The molecule has 1 saturated heterocycles. The van der Waals surface area contributed by atoms with Crippen LogP contribution in [0.5, 0.6) is 0 Å². The van der Waals surface area contributed by atoms with Crippen LogP contribution >= 0.6 is 0 Å². The molecule has 4 heterocycles. The molecule has 1 amide bonds. The molecule has 1 fully saturated rings. The summed E-state index contributed by atoms with van der Waals surface area (Å²) in [5, 5.41) is 0. The molecule has 2 aliphatic rings. The first-order valence-electron chi connectivity index (χ1n) is 9.64. The lowest BCUT2D eigenvalue weighted by atomic mass is 9.82. The second kappa shape index (κ2) is 6.78. The number of carbonyl (C=O) groups excluding carboxylic acids is 1. The van der Waals surface area contributed by atoms with E-state index >= 15 is 0 Å². The standard InChI is InChI=1S/C21H27N3O2/c1-15(2)10-19(22-8-3-4-9-22)21(26)23-12-16-11-17(14-23)18-6-5-7-20(25)24(18)13-16/h3-9,15-17,19H,10-14H2,1-2H3/t16-,17+,19+/m1/s1. The second-order valence-electron chi connectivity index (χ2n) is 8.22. The van der Waals surface area contributed by atoms with E-state index in [2.05, 4.69) is 13.8 Å². The van der Waals surface area contributed by atoms with E-state index in [4.69, 9.17) is 0 Å². The zero-order valence-corrected chi connectivity index (χ0v) is 15.5. The van der Waals surface area contributed by atoms with Gasteiger partial charge in [-0.15, -0.1) is 0 Å². The third-order valence-corrected chi connectivity index (χ3v) is 5.76. The number of likely N-dealkylation sites (tertiary alicyclic amines) is 1. The predicted molar refractivity (Wildman–Crippen MR) is 101 cm³/mol. The summed E-state index contributed by atoms with van der Waals surface area (Å²) in [6.45, 7) is 6.53. The minimum Gasteiger partial charge on any atom is -0.342 e. The molecule has 0 radical (unpaired) electrons. The maximum absolute atomic E-state index is 13.4. The molecule has 2 aliphatic heterocycles. The summed E-state index contributed by atoms with van der Waals surface area (Å²) < 4.78 is 3.96. The first kappa shape index (κ1) is 17.1. The van der Waals surface area contributed by atoms with Gasteiger partial charge in [0.25, 0.3) is 5.56 Å². The molecule has 0 aliphatic carbocycles. The zero-order valence-electron chi connectivity index (χ0n) is 15.5. The molecule has 2 aromatic rings. The molecular formula is C21H27N3O2. The number of amides is 1. The van der Waals surface area contributed by atoms with Gasteiger partial charge in [-0.25, -0.2) is 0 Å². The van der Waals surface area contributed by atoms with Crippen molar-refractivity contribution >= 4 is 5.91 Å². The molecule has 2 aromatic heterocycles. The second-order valence-corrected chi connectivity index (χ2v) is 8.22. The predicted octanol–water partition coefficient (Wildman–Crippen LogP) is 2.88. The molecular weight excluding hydrogens is 326 g/mol. The van der Waals surface area contributed by atoms with Gasteiger partial charge in [0.05, 0.1) is 0 Å². The SMILES string of the molecule is CC(C)C[C@@H](C(=O)N1C[C@H]2C[C@@H](C1)c1cccc(=O)n1C2)n1cccc1. The summed E-state index contributed by atoms with van der Waals surface area (Å²) in [7, 11) is 0. The number of piperidine rings is 1. The normalized spacial score (nSPS) is 23.0. The molecule has 5 nitrogen and oxygen atoms in total. The highest BCUT2D eigenvalue weighted by Gasteiger charge is 2.38. The number of nitrogens with zero attached hydrogens (tertiary/aromatic N) is 3. The number of rotatable bonds is 4. The van der Waals surface area contributed by atoms with Crippen LogP contribution in [0.15, 0.2) is 47.5 Å². The van der Waals surface area contributed by atoms with Crippen LogP contribution in [0.25, 0.3) is 0 Å². The van der Waals surface area contributed by atoms with Gasteiger partial charge in [0, 0.05) is 49.7 Å². The maximum Gasteiger partial charge on any atom is 0.250 e. The van der Waals surface area contributed by atoms with Crippen molar-refractivity contribution < 1.29 is 4.79 Å². The van der Waals surface area contributed by atoms with Crippen molar-refractivity contribution in [3.8, 4) is 0 Å². The van der Waals surface area contributed by atoms with E-state index in [0.717, 1.165) is 31.6 Å². The summed E-state index contributed by atoms with van der Waals surface area (Å²) in [5.41, 5.74) is 1.18. The third kappa shape index (κ3) is 3.11. The van der Waals surface area contributed by atoms with Crippen molar-refractivity contribution in [1.82, 2.24) is 14.0 Å². The number of hydrogen-bond donors (Lipinski definition) is 0. The topological polar surface area (TPSA) is 47.2 Å². The van der Waals surface area contributed by atoms with Gasteiger partial charge in [0.2, 0.25) is 5.91 Å². The van der Waals surface area contributed by atoms with Crippen molar-refractivity contribution in [2.75, 3.05) is 13.1 Å². The lowest BCUT2D eigenvalue weighted by Crippen LogP contribution is -2.50. The van der Waals surface area contributed by atoms with Crippen molar-refractivity contribution in [3.05, 3.63) is 58.8 Å². The fourth-order valence-corrected chi connectivity index (χ4v) is 4.64. The quantitative estimate of drug-likeness (QED) is 0.848. The zero-order chi connectivity index (χ0) is 18.3. The Morgan fingerprint density at radius 3 is 2.62 bits per heavy atom. The average Bonchev–Trinajstić information content (AvgIpc) is 3.14. The molecule has 0 spiro atoms. The molecule has 26 heavy (non-hydrogen) atoms. The van der Waals surface area contributed by atoms with Crippen LogP contribution in [-0.4, -0.2) is 33.0 Å². The minimum absolute atomic E-state index is 0.0852. The lowest BCUT2D eigenvalue weighted by molar-refractivity contribution is -0.138. The summed E-state index contributed by atoms with van der Waals surface area (Å²) in [6.07, 6.45) is 5.90. The van der Waals surface area contributed by atoms with Gasteiger partial charge in [0.15, 0.2) is 0 Å². The van der Waals surface area contributed by atoms with Crippen LogP contribution in [0.1, 0.15) is 44.3 Å². The summed E-state index contributed by atoms with van der Waals surface area (Å²) in [5.74, 6) is 1.31. The van der Waals surface area contributed by atoms with Crippen LogP contribution in [0.3, 0.4) is 0 Å². The maximum atomic E-state index is 13.4. The number of hydrogen-bond acceptors (Lipinski definition) is 2. The lowest BCUT2D eigenvalue weighted by Gasteiger charge is -2.43. The summed E-state index contributed by atoms with van der Waals surface area (Å²) in [6, 6.07) is 9.35. The van der Waals surface area contributed by atoms with Crippen LogP contribution in [0.4, 0.5) is 0 Å². The Bertz CT molecular complexity index is 837. The van der Waals surface area contributed by atoms with Gasteiger partial charge in [0.1, 0.15) is 6.04 Å². The monoisotopic (exact) mass is 353 g/mol. The smallest absolute Gasteiger partial charge is 0.250 e. The molecule has 0 N–H and O–H groups in total. The highest BCUT2D eigenvalue weighted by atomic mass is 16.2.